The molecular weight excluding hydrogens is 301 g/mol. The van der Waals surface area contributed by atoms with Crippen LogP contribution in [0.1, 0.15) is 15.3 Å². The number of rotatable bonds is 2. The Hall–Kier alpha value is -0.810. The molecule has 0 aliphatic heterocycles. The van der Waals surface area contributed by atoms with Crippen LogP contribution in [0.25, 0.3) is 0 Å². The van der Waals surface area contributed by atoms with E-state index in [2.05, 4.69) is 15.9 Å². The molecule has 1 aromatic carbocycles. The smallest absolute Gasteiger partial charge is 0.194 e. The first-order valence-corrected chi connectivity index (χ1v) is 6.21. The van der Waals surface area contributed by atoms with E-state index in [4.69, 9.17) is 0 Å². The van der Waals surface area contributed by atoms with E-state index in [1.807, 2.05) is 17.5 Å². The fourth-order valence-corrected chi connectivity index (χ4v) is 2.79. The van der Waals surface area contributed by atoms with Crippen LogP contribution in [-0.4, -0.2) is 0 Å². The lowest BCUT2D eigenvalue weighted by molar-refractivity contribution is 0.445. The van der Waals surface area contributed by atoms with Gasteiger partial charge < -0.3 is 0 Å². The van der Waals surface area contributed by atoms with Crippen LogP contribution in [0.5, 0.6) is 0 Å². The van der Waals surface area contributed by atoms with Gasteiger partial charge in [0.15, 0.2) is 17.5 Å². The summed E-state index contributed by atoms with van der Waals surface area (Å²) in [5, 5.41) is 1.86. The molecule has 0 aliphatic rings. The van der Waals surface area contributed by atoms with Crippen LogP contribution in [0.4, 0.5) is 13.2 Å². The summed E-state index contributed by atoms with van der Waals surface area (Å²) in [6.45, 7) is 0. The molecule has 5 heteroatoms. The Morgan fingerprint density at radius 1 is 1.12 bits per heavy atom. The van der Waals surface area contributed by atoms with Crippen LogP contribution in [0, 0.1) is 17.5 Å². The van der Waals surface area contributed by atoms with Crippen molar-refractivity contribution in [3.05, 3.63) is 57.5 Å². The molecule has 0 N–H and O–H groups in total. The van der Waals surface area contributed by atoms with Gasteiger partial charge >= 0.3 is 0 Å². The summed E-state index contributed by atoms with van der Waals surface area (Å²) in [6, 6.07) is 5.67. The van der Waals surface area contributed by atoms with Crippen LogP contribution < -0.4 is 0 Å². The predicted molar refractivity (Wildman–Crippen MR) is 61.4 cm³/mol. The second kappa shape index (κ2) is 4.59. The van der Waals surface area contributed by atoms with E-state index in [1.54, 1.807) is 0 Å². The summed E-state index contributed by atoms with van der Waals surface area (Å²) >= 11 is 4.78. The zero-order valence-electron chi connectivity index (χ0n) is 7.88. The normalized spacial score (nSPS) is 12.8. The van der Waals surface area contributed by atoms with E-state index in [0.717, 1.165) is 17.0 Å². The van der Waals surface area contributed by atoms with Crippen molar-refractivity contribution in [2.45, 2.75) is 4.83 Å². The van der Waals surface area contributed by atoms with Gasteiger partial charge in [-0.05, 0) is 29.1 Å². The maximum Gasteiger partial charge on any atom is 0.194 e. The van der Waals surface area contributed by atoms with Gasteiger partial charge in [-0.15, -0.1) is 11.3 Å². The Labute approximate surface area is 103 Å². The third-order valence-electron chi connectivity index (χ3n) is 2.09. The number of hydrogen-bond acceptors (Lipinski definition) is 1. The molecule has 0 saturated carbocycles. The van der Waals surface area contributed by atoms with Gasteiger partial charge in [-0.3, -0.25) is 0 Å². The van der Waals surface area contributed by atoms with Crippen molar-refractivity contribution in [3.63, 3.8) is 0 Å². The highest BCUT2D eigenvalue weighted by atomic mass is 79.9. The van der Waals surface area contributed by atoms with E-state index >= 15 is 0 Å². The van der Waals surface area contributed by atoms with Crippen molar-refractivity contribution in [2.75, 3.05) is 0 Å². The van der Waals surface area contributed by atoms with E-state index < -0.39 is 17.5 Å². The average Bonchev–Trinajstić information content (AvgIpc) is 2.77. The number of hydrogen-bond donors (Lipinski definition) is 0. The molecule has 1 aromatic heterocycles. The number of alkyl halides is 1. The van der Waals surface area contributed by atoms with Crippen molar-refractivity contribution < 1.29 is 13.2 Å². The lowest BCUT2D eigenvalue weighted by Crippen LogP contribution is -1.97. The summed E-state index contributed by atoms with van der Waals surface area (Å²) in [5.41, 5.74) is 0.360. The molecule has 0 nitrogen and oxygen atoms in total. The summed E-state index contributed by atoms with van der Waals surface area (Å²) in [6.07, 6.45) is 0. The fourth-order valence-electron chi connectivity index (χ4n) is 1.32. The third-order valence-corrected chi connectivity index (χ3v) is 4.35. The molecule has 0 radical (unpaired) electrons. The van der Waals surface area contributed by atoms with Crippen LogP contribution in [0.3, 0.4) is 0 Å². The van der Waals surface area contributed by atoms with E-state index in [0.29, 0.717) is 5.56 Å². The second-order valence-corrected chi connectivity index (χ2v) is 5.07. The second-order valence-electron chi connectivity index (χ2n) is 3.18. The summed E-state index contributed by atoms with van der Waals surface area (Å²) in [4.78, 5) is 0.586. The predicted octanol–water partition coefficient (Wildman–Crippen LogP) is 4.65. The average molecular weight is 307 g/mol. The van der Waals surface area contributed by atoms with Gasteiger partial charge in [-0.25, -0.2) is 13.2 Å². The van der Waals surface area contributed by atoms with Crippen molar-refractivity contribution >= 4 is 27.3 Å². The molecule has 0 amide bonds. The molecule has 1 unspecified atom stereocenters. The number of benzene rings is 1. The van der Waals surface area contributed by atoms with E-state index in [9.17, 15) is 13.2 Å². The van der Waals surface area contributed by atoms with Crippen molar-refractivity contribution in [1.82, 2.24) is 0 Å². The number of halogens is 4. The Bertz CT molecular complexity index is 473. The van der Waals surface area contributed by atoms with Crippen molar-refractivity contribution in [2.24, 2.45) is 0 Å². The first-order chi connectivity index (χ1) is 7.59. The molecule has 0 fully saturated rings. The van der Waals surface area contributed by atoms with E-state index in [-0.39, 0.29) is 4.83 Å². The summed E-state index contributed by atoms with van der Waals surface area (Å²) in [7, 11) is 0. The molecule has 2 aromatic rings. The third kappa shape index (κ3) is 2.15. The SMILES string of the molecule is Fc1cc(C(Br)c2cccs2)cc(F)c1F. The topological polar surface area (TPSA) is 0 Å². The molecule has 1 atom stereocenters. The fraction of sp³-hybridized carbons (Fsp3) is 0.0909. The highest BCUT2D eigenvalue weighted by molar-refractivity contribution is 9.09. The standard InChI is InChI=1S/C11H6BrF3S/c12-10(9-2-1-3-16-9)6-4-7(13)11(15)8(14)5-6/h1-5,10H. The molecular formula is C11H6BrF3S. The van der Waals surface area contributed by atoms with Crippen LogP contribution in [-0.2, 0) is 0 Å². The Kier molecular flexibility index (Phi) is 3.35. The van der Waals surface area contributed by atoms with Crippen LogP contribution >= 0.6 is 27.3 Å². The summed E-state index contributed by atoms with van der Waals surface area (Å²) in [5.74, 6) is -3.78. The largest absolute Gasteiger partial charge is 0.204 e. The van der Waals surface area contributed by atoms with Gasteiger partial charge in [0.2, 0.25) is 0 Å². The maximum atomic E-state index is 13.0. The van der Waals surface area contributed by atoms with Crippen molar-refractivity contribution in [1.29, 1.82) is 0 Å². The highest BCUT2D eigenvalue weighted by Gasteiger charge is 2.17. The first kappa shape index (κ1) is 11.7. The summed E-state index contributed by atoms with van der Waals surface area (Å²) < 4.78 is 38.8. The van der Waals surface area contributed by atoms with Crippen molar-refractivity contribution in [3.8, 4) is 0 Å². The molecule has 0 spiro atoms. The monoisotopic (exact) mass is 306 g/mol. The van der Waals surface area contributed by atoms with Gasteiger partial charge in [0.25, 0.3) is 0 Å². The van der Waals surface area contributed by atoms with E-state index in [1.165, 1.54) is 11.3 Å². The Morgan fingerprint density at radius 3 is 2.25 bits per heavy atom. The molecule has 0 aliphatic carbocycles. The molecule has 0 bridgehead atoms. The first-order valence-electron chi connectivity index (χ1n) is 4.41. The van der Waals surface area contributed by atoms with Gasteiger partial charge in [0.05, 0.1) is 4.83 Å². The number of thiophene rings is 1. The lowest BCUT2D eigenvalue weighted by atomic mass is 10.1. The van der Waals surface area contributed by atoms with Gasteiger partial charge in [0.1, 0.15) is 0 Å². The quantitative estimate of drug-likeness (QED) is 0.559. The zero-order valence-corrected chi connectivity index (χ0v) is 10.3. The minimum absolute atomic E-state index is 0.322. The minimum atomic E-state index is -1.44. The molecule has 84 valence electrons. The maximum absolute atomic E-state index is 13.0. The molecule has 0 saturated heterocycles. The molecule has 2 rings (SSSR count). The van der Waals surface area contributed by atoms with Gasteiger partial charge in [0, 0.05) is 4.88 Å². The van der Waals surface area contributed by atoms with Gasteiger partial charge in [-0.1, -0.05) is 22.0 Å². The molecule has 16 heavy (non-hydrogen) atoms. The van der Waals surface area contributed by atoms with Crippen LogP contribution in [0.15, 0.2) is 29.6 Å². The highest BCUT2D eigenvalue weighted by Crippen LogP contribution is 2.34. The van der Waals surface area contributed by atoms with Crippen LogP contribution in [0.2, 0.25) is 0 Å². The Balaban J connectivity index is 2.42. The van der Waals surface area contributed by atoms with Gasteiger partial charge in [-0.2, -0.15) is 0 Å². The molecule has 1 heterocycles. The Morgan fingerprint density at radius 2 is 1.75 bits per heavy atom. The lowest BCUT2D eigenvalue weighted by Gasteiger charge is -2.08. The minimum Gasteiger partial charge on any atom is -0.204 e. The zero-order chi connectivity index (χ0) is 11.7.